The maximum Gasteiger partial charge on any atom is 0.340 e. The molecule has 0 saturated carbocycles. The summed E-state index contributed by atoms with van der Waals surface area (Å²) < 4.78 is 20.6. The molecule has 8 heteroatoms. The van der Waals surface area contributed by atoms with Crippen LogP contribution in [0.15, 0.2) is 12.1 Å². The Hall–Kier alpha value is -2.06. The zero-order valence-corrected chi connectivity index (χ0v) is 14.2. The molecule has 2 rings (SSSR count). The maximum absolute atomic E-state index is 12.0. The number of esters is 1. The van der Waals surface area contributed by atoms with E-state index in [1.165, 1.54) is 21.3 Å². The number of carbonyl (C=O) groups excluding carboxylic acids is 1. The quantitative estimate of drug-likeness (QED) is 0.654. The van der Waals surface area contributed by atoms with E-state index in [0.29, 0.717) is 54.2 Å². The second kappa shape index (κ2) is 7.98. The van der Waals surface area contributed by atoms with Crippen LogP contribution in [0.5, 0.6) is 11.5 Å². The van der Waals surface area contributed by atoms with Crippen molar-refractivity contribution in [3.63, 3.8) is 0 Å². The Morgan fingerprint density at radius 3 is 2.35 bits per heavy atom. The standard InChI is InChI=1S/C15H20N2O5S/c1-19-12-8-10(14(18)21-3)11(9-13(12)20-2)16-15(23)17-4-6-22-7-5-17/h8-9H,4-7H2,1-3H3,(H,16,23). The fourth-order valence-corrected chi connectivity index (χ4v) is 2.51. The van der Waals surface area contributed by atoms with Crippen LogP contribution in [0.25, 0.3) is 0 Å². The normalized spacial score (nSPS) is 14.1. The molecule has 7 nitrogen and oxygen atoms in total. The molecule has 1 fully saturated rings. The lowest BCUT2D eigenvalue weighted by atomic mass is 10.1. The van der Waals surface area contributed by atoms with E-state index in [2.05, 4.69) is 5.32 Å². The van der Waals surface area contributed by atoms with Gasteiger partial charge in [-0.15, -0.1) is 0 Å². The van der Waals surface area contributed by atoms with E-state index >= 15 is 0 Å². The first kappa shape index (κ1) is 17.3. The van der Waals surface area contributed by atoms with Gasteiger partial charge < -0.3 is 29.2 Å². The van der Waals surface area contributed by atoms with E-state index in [9.17, 15) is 4.79 Å². The van der Waals surface area contributed by atoms with E-state index in [-0.39, 0.29) is 0 Å². The third-order valence-electron chi connectivity index (χ3n) is 3.47. The number of thiocarbonyl (C=S) groups is 1. The van der Waals surface area contributed by atoms with Gasteiger partial charge in [0.05, 0.1) is 45.8 Å². The van der Waals surface area contributed by atoms with Crippen LogP contribution in [-0.2, 0) is 9.47 Å². The Kier molecular flexibility index (Phi) is 6.00. The van der Waals surface area contributed by atoms with Gasteiger partial charge in [-0.05, 0) is 12.2 Å². The van der Waals surface area contributed by atoms with Crippen molar-refractivity contribution in [1.82, 2.24) is 4.90 Å². The minimum absolute atomic E-state index is 0.320. The fraction of sp³-hybridized carbons (Fsp3) is 0.467. The highest BCUT2D eigenvalue weighted by atomic mass is 32.1. The summed E-state index contributed by atoms with van der Waals surface area (Å²) in [4.78, 5) is 14.0. The predicted molar refractivity (Wildman–Crippen MR) is 89.5 cm³/mol. The van der Waals surface area contributed by atoms with Crippen molar-refractivity contribution in [1.29, 1.82) is 0 Å². The van der Waals surface area contributed by atoms with Crippen LogP contribution in [0.3, 0.4) is 0 Å². The first-order valence-electron chi connectivity index (χ1n) is 7.08. The van der Waals surface area contributed by atoms with Crippen LogP contribution in [0.4, 0.5) is 5.69 Å². The number of nitrogens with zero attached hydrogens (tertiary/aromatic N) is 1. The van der Waals surface area contributed by atoms with Crippen LogP contribution in [-0.4, -0.2) is 63.6 Å². The molecule has 0 radical (unpaired) electrons. The first-order chi connectivity index (χ1) is 11.1. The molecule has 0 bridgehead atoms. The summed E-state index contributed by atoms with van der Waals surface area (Å²) in [5.74, 6) is 0.446. The first-order valence-corrected chi connectivity index (χ1v) is 7.49. The molecular formula is C15H20N2O5S. The van der Waals surface area contributed by atoms with Gasteiger partial charge in [-0.2, -0.15) is 0 Å². The number of nitrogens with one attached hydrogen (secondary N) is 1. The number of rotatable bonds is 4. The molecule has 1 saturated heterocycles. The lowest BCUT2D eigenvalue weighted by Gasteiger charge is -2.29. The molecule has 0 aliphatic carbocycles. The number of ether oxygens (including phenoxy) is 4. The highest BCUT2D eigenvalue weighted by Crippen LogP contribution is 2.34. The molecule has 23 heavy (non-hydrogen) atoms. The Bertz CT molecular complexity index is 587. The summed E-state index contributed by atoms with van der Waals surface area (Å²) in [7, 11) is 4.35. The molecule has 126 valence electrons. The molecule has 1 aromatic carbocycles. The van der Waals surface area contributed by atoms with Crippen molar-refractivity contribution >= 4 is 29.0 Å². The molecule has 1 aromatic rings. The number of benzene rings is 1. The van der Waals surface area contributed by atoms with Gasteiger partial charge in [-0.25, -0.2) is 4.79 Å². The lowest BCUT2D eigenvalue weighted by Crippen LogP contribution is -2.43. The summed E-state index contributed by atoms with van der Waals surface area (Å²) in [6, 6.07) is 3.23. The van der Waals surface area contributed by atoms with Crippen LogP contribution >= 0.6 is 12.2 Å². The topological polar surface area (TPSA) is 69.3 Å². The van der Waals surface area contributed by atoms with E-state index in [4.69, 9.17) is 31.2 Å². The van der Waals surface area contributed by atoms with Crippen LogP contribution in [0, 0.1) is 0 Å². The van der Waals surface area contributed by atoms with Crippen LogP contribution in [0.2, 0.25) is 0 Å². The summed E-state index contributed by atoms with van der Waals surface area (Å²) in [5, 5.41) is 3.61. The molecule has 0 amide bonds. The monoisotopic (exact) mass is 340 g/mol. The number of morpholine rings is 1. The molecule has 1 aliphatic heterocycles. The predicted octanol–water partition coefficient (Wildman–Crippen LogP) is 1.52. The molecule has 0 atom stereocenters. The van der Waals surface area contributed by atoms with Crippen molar-refractivity contribution in [2.24, 2.45) is 0 Å². The number of methoxy groups -OCH3 is 3. The molecule has 1 aliphatic rings. The largest absolute Gasteiger partial charge is 0.493 e. The molecule has 0 aromatic heterocycles. The molecule has 1 heterocycles. The highest BCUT2D eigenvalue weighted by Gasteiger charge is 2.20. The average Bonchev–Trinajstić information content (AvgIpc) is 2.61. The van der Waals surface area contributed by atoms with Crippen LogP contribution < -0.4 is 14.8 Å². The molecule has 1 N–H and O–H groups in total. The third-order valence-corrected chi connectivity index (χ3v) is 3.83. The van der Waals surface area contributed by atoms with E-state index in [1.807, 2.05) is 4.90 Å². The van der Waals surface area contributed by atoms with Crippen molar-refractivity contribution in [3.05, 3.63) is 17.7 Å². The van der Waals surface area contributed by atoms with E-state index < -0.39 is 5.97 Å². The molecule has 0 spiro atoms. The molecule has 0 unspecified atom stereocenters. The van der Waals surface area contributed by atoms with Gasteiger partial charge in [0.1, 0.15) is 0 Å². The number of hydrogen-bond donors (Lipinski definition) is 1. The summed E-state index contributed by atoms with van der Waals surface area (Å²) >= 11 is 5.41. The second-order valence-corrected chi connectivity index (χ2v) is 5.16. The molecular weight excluding hydrogens is 320 g/mol. The summed E-state index contributed by atoms with van der Waals surface area (Å²) in [5.41, 5.74) is 0.826. The summed E-state index contributed by atoms with van der Waals surface area (Å²) in [6.07, 6.45) is 0. The Morgan fingerprint density at radius 2 is 1.78 bits per heavy atom. The van der Waals surface area contributed by atoms with Gasteiger partial charge in [-0.1, -0.05) is 0 Å². The third kappa shape index (κ3) is 4.02. The van der Waals surface area contributed by atoms with Gasteiger partial charge in [-0.3, -0.25) is 0 Å². The zero-order valence-electron chi connectivity index (χ0n) is 13.4. The minimum atomic E-state index is -0.488. The lowest BCUT2D eigenvalue weighted by molar-refractivity contribution is 0.0601. The van der Waals surface area contributed by atoms with Gasteiger partial charge >= 0.3 is 5.97 Å². The van der Waals surface area contributed by atoms with Crippen molar-refractivity contribution in [2.75, 3.05) is 52.9 Å². The Labute approximate surface area is 140 Å². The Balaban J connectivity index is 2.30. The zero-order chi connectivity index (χ0) is 16.8. The average molecular weight is 340 g/mol. The number of anilines is 1. The summed E-state index contributed by atoms with van der Waals surface area (Å²) in [6.45, 7) is 2.65. The SMILES string of the molecule is COC(=O)c1cc(OC)c(OC)cc1NC(=S)N1CCOCC1. The number of carbonyl (C=O) groups is 1. The van der Waals surface area contributed by atoms with Crippen LogP contribution in [0.1, 0.15) is 10.4 Å². The fourth-order valence-electron chi connectivity index (χ4n) is 2.22. The van der Waals surface area contributed by atoms with Crippen molar-refractivity contribution < 1.29 is 23.7 Å². The van der Waals surface area contributed by atoms with Gasteiger partial charge in [0.15, 0.2) is 16.6 Å². The van der Waals surface area contributed by atoms with Gasteiger partial charge in [0.2, 0.25) is 0 Å². The maximum atomic E-state index is 12.0. The van der Waals surface area contributed by atoms with E-state index in [0.717, 1.165) is 0 Å². The van der Waals surface area contributed by atoms with E-state index in [1.54, 1.807) is 12.1 Å². The van der Waals surface area contributed by atoms with Gasteiger partial charge in [0.25, 0.3) is 0 Å². The smallest absolute Gasteiger partial charge is 0.340 e. The van der Waals surface area contributed by atoms with Crippen molar-refractivity contribution in [2.45, 2.75) is 0 Å². The second-order valence-electron chi connectivity index (χ2n) is 4.77. The minimum Gasteiger partial charge on any atom is -0.493 e. The highest BCUT2D eigenvalue weighted by molar-refractivity contribution is 7.80. The van der Waals surface area contributed by atoms with Gasteiger partial charge in [0, 0.05) is 25.2 Å². The Morgan fingerprint density at radius 1 is 1.17 bits per heavy atom. The number of hydrogen-bond acceptors (Lipinski definition) is 6. The van der Waals surface area contributed by atoms with Crippen molar-refractivity contribution in [3.8, 4) is 11.5 Å².